The van der Waals surface area contributed by atoms with Crippen molar-refractivity contribution in [2.24, 2.45) is 11.7 Å². The molecule has 0 heterocycles. The second-order valence-electron chi connectivity index (χ2n) is 6.45. The molecule has 2 rings (SSSR count). The van der Waals surface area contributed by atoms with E-state index in [1.165, 1.54) is 44.9 Å². The van der Waals surface area contributed by atoms with Gasteiger partial charge in [-0.25, -0.2) is 0 Å². The monoisotopic (exact) mass is 266 g/mol. The highest BCUT2D eigenvalue weighted by Gasteiger charge is 2.26. The fourth-order valence-electron chi connectivity index (χ4n) is 3.92. The van der Waals surface area contributed by atoms with Crippen LogP contribution >= 0.6 is 0 Å². The summed E-state index contributed by atoms with van der Waals surface area (Å²) in [6.45, 7) is 3.00. The van der Waals surface area contributed by atoms with Crippen LogP contribution in [-0.4, -0.2) is 29.4 Å². The van der Waals surface area contributed by atoms with Gasteiger partial charge in [0, 0.05) is 25.0 Å². The first-order valence-corrected chi connectivity index (χ1v) is 8.25. The van der Waals surface area contributed by atoms with E-state index in [1.807, 2.05) is 0 Å². The quantitative estimate of drug-likeness (QED) is 0.831. The molecule has 0 bridgehead atoms. The van der Waals surface area contributed by atoms with Crippen LogP contribution in [0.4, 0.5) is 0 Å². The van der Waals surface area contributed by atoms with Crippen LogP contribution in [0.3, 0.4) is 0 Å². The molecule has 0 aromatic rings. The van der Waals surface area contributed by atoms with Gasteiger partial charge in [0.25, 0.3) is 0 Å². The Kier molecular flexibility index (Phi) is 5.68. The number of amides is 1. The van der Waals surface area contributed by atoms with E-state index in [0.717, 1.165) is 25.8 Å². The molecular formula is C16H30N2O. The lowest BCUT2D eigenvalue weighted by Gasteiger charge is -2.30. The Bertz CT molecular complexity index is 286. The third kappa shape index (κ3) is 4.20. The van der Waals surface area contributed by atoms with Crippen molar-refractivity contribution in [2.45, 2.75) is 83.2 Å². The Morgan fingerprint density at radius 3 is 2.53 bits per heavy atom. The topological polar surface area (TPSA) is 46.3 Å². The van der Waals surface area contributed by atoms with Gasteiger partial charge in [-0.3, -0.25) is 4.79 Å². The summed E-state index contributed by atoms with van der Waals surface area (Å²) in [5.74, 6) is 1.07. The third-order valence-electron chi connectivity index (χ3n) is 5.02. The van der Waals surface area contributed by atoms with Gasteiger partial charge in [-0.15, -0.1) is 0 Å². The van der Waals surface area contributed by atoms with Crippen molar-refractivity contribution in [3.63, 3.8) is 0 Å². The molecule has 110 valence electrons. The average Bonchev–Trinajstić information content (AvgIpc) is 2.91. The fourth-order valence-corrected chi connectivity index (χ4v) is 3.92. The molecular weight excluding hydrogens is 236 g/mol. The minimum atomic E-state index is 0.381. The van der Waals surface area contributed by atoms with E-state index in [2.05, 4.69) is 11.8 Å². The third-order valence-corrected chi connectivity index (χ3v) is 5.02. The molecule has 2 fully saturated rings. The Morgan fingerprint density at radius 1 is 1.16 bits per heavy atom. The molecule has 0 saturated heterocycles. The van der Waals surface area contributed by atoms with Gasteiger partial charge >= 0.3 is 0 Å². The fraction of sp³-hybridized carbons (Fsp3) is 0.938. The van der Waals surface area contributed by atoms with E-state index in [-0.39, 0.29) is 0 Å². The maximum Gasteiger partial charge on any atom is 0.222 e. The molecule has 2 aliphatic carbocycles. The smallest absolute Gasteiger partial charge is 0.222 e. The van der Waals surface area contributed by atoms with Crippen molar-refractivity contribution in [3.8, 4) is 0 Å². The normalized spacial score (nSPS) is 28.5. The lowest BCUT2D eigenvalue weighted by atomic mass is 9.83. The summed E-state index contributed by atoms with van der Waals surface area (Å²) in [6, 6.07) is 0.914. The number of nitrogens with two attached hydrogens (primary N) is 1. The molecule has 2 atom stereocenters. The molecule has 0 spiro atoms. The predicted molar refractivity (Wildman–Crippen MR) is 78.8 cm³/mol. The van der Waals surface area contributed by atoms with Gasteiger partial charge in [0.2, 0.25) is 5.91 Å². The molecule has 0 aromatic carbocycles. The summed E-state index contributed by atoms with van der Waals surface area (Å²) < 4.78 is 0. The summed E-state index contributed by atoms with van der Waals surface area (Å²) in [6.07, 6.45) is 11.6. The van der Waals surface area contributed by atoms with Crippen LogP contribution in [0.2, 0.25) is 0 Å². The largest absolute Gasteiger partial charge is 0.340 e. The van der Waals surface area contributed by atoms with Gasteiger partial charge in [-0.05, 0) is 44.9 Å². The van der Waals surface area contributed by atoms with Crippen LogP contribution in [0.25, 0.3) is 0 Å². The molecule has 1 amide bonds. The van der Waals surface area contributed by atoms with Crippen molar-refractivity contribution in [1.29, 1.82) is 0 Å². The standard InChI is InChI=1S/C16H30N2O/c1-2-18(15-8-3-4-9-15)16(19)11-10-13-6-5-7-14(17)12-13/h13-15H,2-12,17H2,1H3. The van der Waals surface area contributed by atoms with Gasteiger partial charge in [0.15, 0.2) is 0 Å². The van der Waals surface area contributed by atoms with Crippen molar-refractivity contribution in [1.82, 2.24) is 4.90 Å². The molecule has 3 nitrogen and oxygen atoms in total. The lowest BCUT2D eigenvalue weighted by molar-refractivity contribution is -0.133. The number of carbonyl (C=O) groups excluding carboxylic acids is 1. The zero-order chi connectivity index (χ0) is 13.7. The Balaban J connectivity index is 1.75. The van der Waals surface area contributed by atoms with Crippen LogP contribution < -0.4 is 5.73 Å². The zero-order valence-corrected chi connectivity index (χ0v) is 12.4. The molecule has 0 aromatic heterocycles. The SMILES string of the molecule is CCN(C(=O)CCC1CCCC(N)C1)C1CCCC1. The average molecular weight is 266 g/mol. The number of rotatable bonds is 5. The molecule has 0 radical (unpaired) electrons. The number of hydrogen-bond donors (Lipinski definition) is 1. The molecule has 2 saturated carbocycles. The highest BCUT2D eigenvalue weighted by Crippen LogP contribution is 2.28. The first kappa shape index (κ1) is 14.8. The first-order chi connectivity index (χ1) is 9.20. The van der Waals surface area contributed by atoms with Gasteiger partial charge in [0.05, 0.1) is 0 Å². The molecule has 3 heteroatoms. The Morgan fingerprint density at radius 2 is 1.89 bits per heavy atom. The second-order valence-corrected chi connectivity index (χ2v) is 6.45. The van der Waals surface area contributed by atoms with Gasteiger partial charge in [-0.2, -0.15) is 0 Å². The van der Waals surface area contributed by atoms with E-state index in [9.17, 15) is 4.79 Å². The van der Waals surface area contributed by atoms with Crippen molar-refractivity contribution in [2.75, 3.05) is 6.54 Å². The predicted octanol–water partition coefficient (Wildman–Crippen LogP) is 3.08. The minimum absolute atomic E-state index is 0.381. The van der Waals surface area contributed by atoms with Gasteiger partial charge in [0.1, 0.15) is 0 Å². The van der Waals surface area contributed by atoms with Gasteiger partial charge in [-0.1, -0.05) is 25.7 Å². The maximum atomic E-state index is 12.4. The van der Waals surface area contributed by atoms with E-state index in [1.54, 1.807) is 0 Å². The molecule has 0 aliphatic heterocycles. The maximum absolute atomic E-state index is 12.4. The van der Waals surface area contributed by atoms with Crippen LogP contribution in [0.5, 0.6) is 0 Å². The van der Waals surface area contributed by atoms with Crippen molar-refractivity contribution < 1.29 is 4.79 Å². The molecule has 19 heavy (non-hydrogen) atoms. The van der Waals surface area contributed by atoms with E-state index >= 15 is 0 Å². The summed E-state index contributed by atoms with van der Waals surface area (Å²) in [4.78, 5) is 14.5. The molecule has 2 aliphatic rings. The van der Waals surface area contributed by atoms with Crippen molar-refractivity contribution in [3.05, 3.63) is 0 Å². The van der Waals surface area contributed by atoms with E-state index in [4.69, 9.17) is 5.73 Å². The van der Waals surface area contributed by atoms with Crippen LogP contribution in [0, 0.1) is 5.92 Å². The highest BCUT2D eigenvalue weighted by molar-refractivity contribution is 5.76. The minimum Gasteiger partial charge on any atom is -0.340 e. The Hall–Kier alpha value is -0.570. The van der Waals surface area contributed by atoms with Crippen LogP contribution in [0.1, 0.15) is 71.1 Å². The number of carbonyl (C=O) groups is 1. The second kappa shape index (κ2) is 7.28. The highest BCUT2D eigenvalue weighted by atomic mass is 16.2. The lowest BCUT2D eigenvalue weighted by Crippen LogP contribution is -2.39. The number of nitrogens with zero attached hydrogens (tertiary/aromatic N) is 1. The van der Waals surface area contributed by atoms with Crippen LogP contribution in [-0.2, 0) is 4.79 Å². The first-order valence-electron chi connectivity index (χ1n) is 8.25. The summed E-state index contributed by atoms with van der Waals surface area (Å²) in [5, 5.41) is 0. The van der Waals surface area contributed by atoms with E-state index in [0.29, 0.717) is 23.9 Å². The number of hydrogen-bond acceptors (Lipinski definition) is 2. The van der Waals surface area contributed by atoms with Crippen molar-refractivity contribution >= 4 is 5.91 Å². The summed E-state index contributed by atoms with van der Waals surface area (Å²) in [5.41, 5.74) is 6.02. The van der Waals surface area contributed by atoms with E-state index < -0.39 is 0 Å². The van der Waals surface area contributed by atoms with Crippen LogP contribution in [0.15, 0.2) is 0 Å². The summed E-state index contributed by atoms with van der Waals surface area (Å²) in [7, 11) is 0. The zero-order valence-electron chi connectivity index (χ0n) is 12.4. The molecule has 2 unspecified atom stereocenters. The summed E-state index contributed by atoms with van der Waals surface area (Å²) >= 11 is 0. The van der Waals surface area contributed by atoms with Gasteiger partial charge < -0.3 is 10.6 Å². The molecule has 2 N–H and O–H groups in total. The Labute approximate surface area is 117 Å².